The lowest BCUT2D eigenvalue weighted by Gasteiger charge is -2.34. The molecule has 1 aliphatic heterocycles. The van der Waals surface area contributed by atoms with Crippen LogP contribution in [0.4, 0.5) is 4.39 Å². The molecule has 1 N–H and O–H groups in total. The van der Waals surface area contributed by atoms with Gasteiger partial charge in [-0.3, -0.25) is 4.79 Å². The zero-order valence-electron chi connectivity index (χ0n) is 10.1. The number of nitrogens with zero attached hydrogens (tertiary/aromatic N) is 1. The second-order valence-electron chi connectivity index (χ2n) is 4.71. The van der Waals surface area contributed by atoms with Gasteiger partial charge in [-0.25, -0.2) is 4.39 Å². The molecule has 1 aromatic rings. The van der Waals surface area contributed by atoms with Crippen molar-refractivity contribution in [1.29, 1.82) is 0 Å². The molecule has 0 spiro atoms. The third kappa shape index (κ3) is 2.72. The van der Waals surface area contributed by atoms with Gasteiger partial charge in [-0.2, -0.15) is 0 Å². The first kappa shape index (κ1) is 13.5. The van der Waals surface area contributed by atoms with E-state index in [0.717, 1.165) is 6.42 Å². The number of rotatable bonds is 1. The quantitative estimate of drug-likeness (QED) is 0.864. The molecule has 2 rings (SSSR count). The van der Waals surface area contributed by atoms with Gasteiger partial charge in [-0.15, -0.1) is 0 Å². The first-order valence-electron chi connectivity index (χ1n) is 5.91. The molecule has 0 aliphatic carbocycles. The fourth-order valence-corrected chi connectivity index (χ4v) is 2.59. The Labute approximate surface area is 114 Å². The van der Waals surface area contributed by atoms with Crippen molar-refractivity contribution in [3.8, 4) is 0 Å². The van der Waals surface area contributed by atoms with E-state index in [1.807, 2.05) is 6.92 Å². The Balaban J connectivity index is 2.16. The number of aliphatic hydroxyl groups is 1. The summed E-state index contributed by atoms with van der Waals surface area (Å²) < 4.78 is 13.4. The van der Waals surface area contributed by atoms with E-state index in [1.165, 1.54) is 18.2 Å². The van der Waals surface area contributed by atoms with Gasteiger partial charge in [-0.1, -0.05) is 6.92 Å². The van der Waals surface area contributed by atoms with Crippen molar-refractivity contribution in [2.75, 3.05) is 13.1 Å². The molecule has 98 valence electrons. The Kier molecular flexibility index (Phi) is 4.02. The van der Waals surface area contributed by atoms with Gasteiger partial charge in [0.2, 0.25) is 0 Å². The number of carbonyl (C=O) groups excluding carboxylic acids is 1. The van der Waals surface area contributed by atoms with Crippen molar-refractivity contribution in [2.45, 2.75) is 19.4 Å². The monoisotopic (exact) mass is 315 g/mol. The van der Waals surface area contributed by atoms with Gasteiger partial charge < -0.3 is 10.0 Å². The van der Waals surface area contributed by atoms with Gasteiger partial charge in [0.15, 0.2) is 0 Å². The summed E-state index contributed by atoms with van der Waals surface area (Å²) in [5.74, 6) is -0.343. The molecule has 3 nitrogen and oxygen atoms in total. The van der Waals surface area contributed by atoms with Crippen LogP contribution < -0.4 is 0 Å². The first-order valence-corrected chi connectivity index (χ1v) is 6.70. The molecule has 5 heteroatoms. The molecule has 1 amide bonds. The molecule has 0 saturated carbocycles. The van der Waals surface area contributed by atoms with Crippen molar-refractivity contribution in [1.82, 2.24) is 4.90 Å². The van der Waals surface area contributed by atoms with Crippen LogP contribution in [0.5, 0.6) is 0 Å². The number of carbonyl (C=O) groups is 1. The smallest absolute Gasteiger partial charge is 0.255 e. The average molecular weight is 316 g/mol. The molecule has 1 fully saturated rings. The van der Waals surface area contributed by atoms with Gasteiger partial charge in [-0.05, 0) is 46.5 Å². The number of halogens is 2. The lowest BCUT2D eigenvalue weighted by Crippen LogP contribution is -2.45. The molecular formula is C13H15BrFNO2. The number of benzene rings is 1. The van der Waals surface area contributed by atoms with Crippen molar-refractivity contribution in [2.24, 2.45) is 5.92 Å². The zero-order valence-corrected chi connectivity index (χ0v) is 11.7. The summed E-state index contributed by atoms with van der Waals surface area (Å²) in [6, 6.07) is 4.00. The van der Waals surface area contributed by atoms with E-state index in [2.05, 4.69) is 15.9 Å². The lowest BCUT2D eigenvalue weighted by molar-refractivity contribution is 0.0248. The zero-order chi connectivity index (χ0) is 13.3. The van der Waals surface area contributed by atoms with Crippen LogP contribution in [-0.2, 0) is 0 Å². The van der Waals surface area contributed by atoms with Crippen LogP contribution >= 0.6 is 15.9 Å². The fourth-order valence-electron chi connectivity index (χ4n) is 2.07. The third-order valence-electron chi connectivity index (χ3n) is 3.37. The van der Waals surface area contributed by atoms with Gasteiger partial charge in [0.25, 0.3) is 5.91 Å². The number of aliphatic hydroxyl groups excluding tert-OH is 1. The van der Waals surface area contributed by atoms with Crippen LogP contribution in [0.25, 0.3) is 0 Å². The number of hydrogen-bond acceptors (Lipinski definition) is 2. The summed E-state index contributed by atoms with van der Waals surface area (Å²) in [5, 5.41) is 9.79. The van der Waals surface area contributed by atoms with E-state index < -0.39 is 6.10 Å². The van der Waals surface area contributed by atoms with Gasteiger partial charge >= 0.3 is 0 Å². The van der Waals surface area contributed by atoms with Crippen LogP contribution in [-0.4, -0.2) is 35.1 Å². The molecule has 18 heavy (non-hydrogen) atoms. The van der Waals surface area contributed by atoms with Crippen molar-refractivity contribution >= 4 is 21.8 Å². The Hall–Kier alpha value is -0.940. The highest BCUT2D eigenvalue weighted by atomic mass is 79.9. The maximum atomic E-state index is 13.0. The second kappa shape index (κ2) is 5.36. The first-order chi connectivity index (χ1) is 8.49. The number of hydrogen-bond donors (Lipinski definition) is 1. The minimum Gasteiger partial charge on any atom is -0.391 e. The normalized spacial score (nSPS) is 24.1. The summed E-state index contributed by atoms with van der Waals surface area (Å²) in [6.07, 6.45) is 0.299. The van der Waals surface area contributed by atoms with Crippen molar-refractivity contribution in [3.05, 3.63) is 34.1 Å². The minimum absolute atomic E-state index is 0.173. The SMILES string of the molecule is CC1CCN(C(=O)c2ccc(F)cc2Br)CC1O. The van der Waals surface area contributed by atoms with E-state index in [-0.39, 0.29) is 17.6 Å². The Morgan fingerprint density at radius 2 is 2.28 bits per heavy atom. The molecule has 2 unspecified atom stereocenters. The summed E-state index contributed by atoms with van der Waals surface area (Å²) in [4.78, 5) is 13.9. The van der Waals surface area contributed by atoms with E-state index in [4.69, 9.17) is 0 Å². The van der Waals surface area contributed by atoms with E-state index >= 15 is 0 Å². The molecular weight excluding hydrogens is 301 g/mol. The largest absolute Gasteiger partial charge is 0.391 e. The predicted octanol–water partition coefficient (Wildman–Crippen LogP) is 2.43. The number of likely N-dealkylation sites (tertiary alicyclic amines) is 1. The van der Waals surface area contributed by atoms with Crippen molar-refractivity contribution in [3.63, 3.8) is 0 Å². The molecule has 1 heterocycles. The van der Waals surface area contributed by atoms with Crippen molar-refractivity contribution < 1.29 is 14.3 Å². The van der Waals surface area contributed by atoms with E-state index in [1.54, 1.807) is 4.90 Å². The highest BCUT2D eigenvalue weighted by molar-refractivity contribution is 9.10. The molecule has 1 aliphatic rings. The molecule has 1 aromatic carbocycles. The van der Waals surface area contributed by atoms with Gasteiger partial charge in [0, 0.05) is 17.6 Å². The molecule has 1 saturated heterocycles. The third-order valence-corrected chi connectivity index (χ3v) is 4.02. The van der Waals surface area contributed by atoms with Gasteiger partial charge in [0.1, 0.15) is 5.82 Å². The Morgan fingerprint density at radius 3 is 2.89 bits per heavy atom. The average Bonchev–Trinajstić information content (AvgIpc) is 2.32. The summed E-state index contributed by atoms with van der Waals surface area (Å²) in [7, 11) is 0. The Morgan fingerprint density at radius 1 is 1.56 bits per heavy atom. The summed E-state index contributed by atoms with van der Waals surface area (Å²) >= 11 is 3.19. The fraction of sp³-hybridized carbons (Fsp3) is 0.462. The molecule has 0 radical (unpaired) electrons. The molecule has 0 aromatic heterocycles. The van der Waals surface area contributed by atoms with Crippen LogP contribution in [0.15, 0.2) is 22.7 Å². The van der Waals surface area contributed by atoms with E-state index in [9.17, 15) is 14.3 Å². The Bertz CT molecular complexity index is 466. The van der Waals surface area contributed by atoms with Gasteiger partial charge in [0.05, 0.1) is 11.7 Å². The maximum absolute atomic E-state index is 13.0. The summed E-state index contributed by atoms with van der Waals surface area (Å²) in [6.45, 7) is 2.94. The highest BCUT2D eigenvalue weighted by Crippen LogP contribution is 2.23. The molecule has 2 atom stereocenters. The van der Waals surface area contributed by atoms with Crippen LogP contribution in [0.3, 0.4) is 0 Å². The summed E-state index contributed by atoms with van der Waals surface area (Å²) in [5.41, 5.74) is 0.429. The van der Waals surface area contributed by atoms with Crippen LogP contribution in [0, 0.1) is 11.7 Å². The standard InChI is InChI=1S/C13H15BrFNO2/c1-8-4-5-16(7-12(8)17)13(18)10-3-2-9(15)6-11(10)14/h2-3,6,8,12,17H,4-5,7H2,1H3. The molecule has 0 bridgehead atoms. The number of amides is 1. The predicted molar refractivity (Wildman–Crippen MR) is 69.8 cm³/mol. The second-order valence-corrected chi connectivity index (χ2v) is 5.56. The number of β-amino-alcohol motifs (C(OH)–C–C–N with tert-alkyl or cyclic N) is 1. The van der Waals surface area contributed by atoms with E-state index in [0.29, 0.717) is 23.1 Å². The number of piperidine rings is 1. The maximum Gasteiger partial charge on any atom is 0.255 e. The van der Waals surface area contributed by atoms with Crippen LogP contribution in [0.1, 0.15) is 23.7 Å². The lowest BCUT2D eigenvalue weighted by atomic mass is 9.95. The topological polar surface area (TPSA) is 40.5 Å². The van der Waals surface area contributed by atoms with Crippen LogP contribution in [0.2, 0.25) is 0 Å². The highest BCUT2D eigenvalue weighted by Gasteiger charge is 2.28. The minimum atomic E-state index is -0.484.